The monoisotopic (exact) mass is 430 g/mol. The van der Waals surface area contributed by atoms with Gasteiger partial charge in [-0.2, -0.15) is 0 Å². The number of ether oxygens (including phenoxy) is 2. The minimum absolute atomic E-state index is 0.0477. The molecule has 0 spiro atoms. The van der Waals surface area contributed by atoms with Crippen LogP contribution in [0.4, 0.5) is 0 Å². The van der Waals surface area contributed by atoms with Crippen LogP contribution in [-0.2, 0) is 19.5 Å². The molecule has 0 saturated carbocycles. The Hall–Kier alpha value is -2.22. The van der Waals surface area contributed by atoms with E-state index in [0.717, 1.165) is 12.0 Å². The first-order chi connectivity index (χ1) is 14.5. The molecule has 2 aromatic carbocycles. The predicted octanol–water partition coefficient (Wildman–Crippen LogP) is 3.91. The molecule has 30 heavy (non-hydrogen) atoms. The Morgan fingerprint density at radius 1 is 1.10 bits per heavy atom. The molecule has 0 aromatic heterocycles. The lowest BCUT2D eigenvalue weighted by Gasteiger charge is -2.22. The highest BCUT2D eigenvalue weighted by atomic mass is 32.2. The van der Waals surface area contributed by atoms with Crippen molar-refractivity contribution >= 4 is 15.9 Å². The van der Waals surface area contributed by atoms with Gasteiger partial charge in [-0.3, -0.25) is 0 Å². The van der Waals surface area contributed by atoms with E-state index in [4.69, 9.17) is 14.5 Å². The zero-order valence-corrected chi connectivity index (χ0v) is 18.6. The second kappa shape index (κ2) is 10.2. The van der Waals surface area contributed by atoms with Crippen molar-refractivity contribution in [3.63, 3.8) is 0 Å². The fraction of sp³-hybridized carbons (Fsp3) is 0.435. The maximum Gasteiger partial charge on any atom is 0.242 e. The van der Waals surface area contributed by atoms with Crippen molar-refractivity contribution in [1.29, 1.82) is 0 Å². The van der Waals surface area contributed by atoms with Crippen molar-refractivity contribution in [3.8, 4) is 0 Å². The molecule has 6 nitrogen and oxygen atoms in total. The van der Waals surface area contributed by atoms with Crippen LogP contribution in [0.2, 0.25) is 0 Å². The van der Waals surface area contributed by atoms with Gasteiger partial charge in [-0.25, -0.2) is 17.7 Å². The molecule has 0 radical (unpaired) electrons. The van der Waals surface area contributed by atoms with Crippen LogP contribution < -0.4 is 0 Å². The molecule has 0 aliphatic carbocycles. The van der Waals surface area contributed by atoms with Crippen molar-refractivity contribution in [3.05, 3.63) is 66.2 Å². The molecule has 0 amide bonds. The Morgan fingerprint density at radius 2 is 1.73 bits per heavy atom. The smallest absolute Gasteiger partial charge is 0.242 e. The predicted molar refractivity (Wildman–Crippen MR) is 118 cm³/mol. The van der Waals surface area contributed by atoms with Gasteiger partial charge >= 0.3 is 0 Å². The second-order valence-electron chi connectivity index (χ2n) is 7.47. The van der Waals surface area contributed by atoms with Gasteiger partial charge in [-0.15, -0.1) is 0 Å². The summed E-state index contributed by atoms with van der Waals surface area (Å²) in [5.41, 5.74) is 1.07. The molecule has 0 bridgehead atoms. The molecule has 3 rings (SSSR count). The molecule has 3 atom stereocenters. The first kappa shape index (κ1) is 22.5. The lowest BCUT2D eigenvalue weighted by molar-refractivity contribution is 0.116. The van der Waals surface area contributed by atoms with Gasteiger partial charge in [-0.1, -0.05) is 55.5 Å². The van der Waals surface area contributed by atoms with Crippen LogP contribution in [0.3, 0.4) is 0 Å². The van der Waals surface area contributed by atoms with E-state index < -0.39 is 10.0 Å². The van der Waals surface area contributed by atoms with Crippen LogP contribution >= 0.6 is 0 Å². The molecular formula is C23H30N2O4S. The van der Waals surface area contributed by atoms with Crippen LogP contribution in [0, 0.1) is 5.92 Å². The van der Waals surface area contributed by atoms with E-state index in [0.29, 0.717) is 30.4 Å². The molecule has 0 N–H and O–H groups in total. The number of hydrogen-bond donors (Lipinski definition) is 0. The van der Waals surface area contributed by atoms with Crippen LogP contribution in [0.25, 0.3) is 0 Å². The van der Waals surface area contributed by atoms with Crippen molar-refractivity contribution in [2.24, 2.45) is 10.9 Å². The Labute approximate surface area is 179 Å². The van der Waals surface area contributed by atoms with Gasteiger partial charge in [0, 0.05) is 26.6 Å². The van der Waals surface area contributed by atoms with E-state index in [9.17, 15) is 8.42 Å². The third-order valence-corrected chi connectivity index (χ3v) is 7.31. The average molecular weight is 431 g/mol. The van der Waals surface area contributed by atoms with Crippen molar-refractivity contribution in [2.75, 3.05) is 27.3 Å². The highest BCUT2D eigenvalue weighted by molar-refractivity contribution is 7.89. The number of methoxy groups -OCH3 is 1. The molecule has 1 unspecified atom stereocenters. The summed E-state index contributed by atoms with van der Waals surface area (Å²) in [7, 11) is -0.226. The second-order valence-corrected chi connectivity index (χ2v) is 9.52. The average Bonchev–Trinajstić information content (AvgIpc) is 3.19. The van der Waals surface area contributed by atoms with E-state index in [-0.39, 0.29) is 18.1 Å². The van der Waals surface area contributed by atoms with Crippen LogP contribution in [0.5, 0.6) is 0 Å². The van der Waals surface area contributed by atoms with Crippen molar-refractivity contribution in [2.45, 2.75) is 36.8 Å². The van der Waals surface area contributed by atoms with Crippen LogP contribution in [0.15, 0.2) is 70.6 Å². The Balaban J connectivity index is 1.69. The number of aliphatic imine (C=N–C) groups is 1. The molecular weight excluding hydrogens is 400 g/mol. The lowest BCUT2D eigenvalue weighted by Crippen LogP contribution is -2.30. The van der Waals surface area contributed by atoms with E-state index in [1.54, 1.807) is 44.5 Å². The quantitative estimate of drug-likeness (QED) is 0.573. The highest BCUT2D eigenvalue weighted by Crippen LogP contribution is 2.33. The van der Waals surface area contributed by atoms with Gasteiger partial charge < -0.3 is 9.47 Å². The maximum atomic E-state index is 12.8. The minimum atomic E-state index is -3.51. The molecule has 1 aliphatic rings. The van der Waals surface area contributed by atoms with Gasteiger partial charge in [0.15, 0.2) is 5.90 Å². The van der Waals surface area contributed by atoms with Gasteiger partial charge in [0.2, 0.25) is 10.0 Å². The zero-order chi connectivity index (χ0) is 21.6. The fourth-order valence-electron chi connectivity index (χ4n) is 3.63. The van der Waals surface area contributed by atoms with Crippen molar-refractivity contribution < 1.29 is 17.9 Å². The molecule has 2 aromatic rings. The van der Waals surface area contributed by atoms with Gasteiger partial charge in [0.05, 0.1) is 11.5 Å². The Morgan fingerprint density at radius 3 is 2.33 bits per heavy atom. The first-order valence-electron chi connectivity index (χ1n) is 10.3. The Bertz CT molecular complexity index is 932. The van der Waals surface area contributed by atoms with Gasteiger partial charge in [-0.05, 0) is 30.5 Å². The molecule has 162 valence electrons. The summed E-state index contributed by atoms with van der Waals surface area (Å²) in [4.78, 5) is 5.11. The highest BCUT2D eigenvalue weighted by Gasteiger charge is 2.35. The normalized spacial score (nSPS) is 20.1. The van der Waals surface area contributed by atoms with Gasteiger partial charge in [0.1, 0.15) is 12.1 Å². The third-order valence-electron chi connectivity index (χ3n) is 5.44. The minimum Gasteiger partial charge on any atom is -0.470 e. The molecule has 1 aliphatic heterocycles. The van der Waals surface area contributed by atoms with Crippen LogP contribution in [0.1, 0.15) is 31.4 Å². The number of rotatable bonds is 10. The van der Waals surface area contributed by atoms with Gasteiger partial charge in [0.25, 0.3) is 0 Å². The molecule has 0 saturated heterocycles. The Kier molecular flexibility index (Phi) is 7.64. The summed E-state index contributed by atoms with van der Waals surface area (Å²) in [6.45, 7) is 2.94. The van der Waals surface area contributed by atoms with E-state index >= 15 is 0 Å². The summed E-state index contributed by atoms with van der Waals surface area (Å²) in [6, 6.07) is 18.4. The number of sulfonamides is 1. The first-order valence-corrected chi connectivity index (χ1v) is 11.7. The fourth-order valence-corrected chi connectivity index (χ4v) is 4.84. The number of hydrogen-bond acceptors (Lipinski definition) is 5. The van der Waals surface area contributed by atoms with E-state index in [2.05, 4.69) is 6.92 Å². The van der Waals surface area contributed by atoms with Crippen molar-refractivity contribution in [1.82, 2.24) is 4.31 Å². The summed E-state index contributed by atoms with van der Waals surface area (Å²) in [6.07, 6.45) is 1.28. The van der Waals surface area contributed by atoms with Crippen LogP contribution in [-0.4, -0.2) is 52.0 Å². The SMILES string of the molecule is CCC(CCN(C)S(=O)(=O)c1ccccc1)C1=N[C@@H](COC)[C@H](c2ccccc2)O1. The molecule has 1 heterocycles. The number of nitrogens with zero attached hydrogens (tertiary/aromatic N) is 2. The standard InChI is InChI=1S/C23H30N2O4S/c1-4-18(15-16-25(2)30(26,27)20-13-9-6-10-14-20)23-24-21(17-28-3)22(29-23)19-11-7-5-8-12-19/h5-14,18,21-22H,4,15-17H2,1-3H3/t18?,21-,22-/m0/s1. The molecule has 7 heteroatoms. The summed E-state index contributed by atoms with van der Waals surface area (Å²) in [5.74, 6) is 0.741. The topological polar surface area (TPSA) is 68.2 Å². The van der Waals surface area contributed by atoms with E-state index in [1.165, 1.54) is 4.31 Å². The summed E-state index contributed by atoms with van der Waals surface area (Å²) in [5, 5.41) is 0. The summed E-state index contributed by atoms with van der Waals surface area (Å²) < 4.78 is 38.6. The maximum absolute atomic E-state index is 12.8. The third kappa shape index (κ3) is 5.09. The number of benzene rings is 2. The largest absolute Gasteiger partial charge is 0.470 e. The lowest BCUT2D eigenvalue weighted by atomic mass is 10.0. The zero-order valence-electron chi connectivity index (χ0n) is 17.8. The summed E-state index contributed by atoms with van der Waals surface area (Å²) >= 11 is 0. The van der Waals surface area contributed by atoms with E-state index in [1.807, 2.05) is 30.3 Å². The molecule has 0 fully saturated rings.